The number of nitrogens with zero attached hydrogens (tertiary/aromatic N) is 7. The molecule has 4 aromatic rings. The van der Waals surface area contributed by atoms with Crippen molar-refractivity contribution in [3.05, 3.63) is 41.0 Å². The second-order valence-corrected chi connectivity index (χ2v) is 16.7. The van der Waals surface area contributed by atoms with Gasteiger partial charge in [0, 0.05) is 61.0 Å². The van der Waals surface area contributed by atoms with Gasteiger partial charge in [0.2, 0.25) is 6.41 Å². The molecule has 56 heavy (non-hydrogen) atoms. The molecule has 10 nitrogen and oxygen atoms in total. The van der Waals surface area contributed by atoms with Crippen LogP contribution in [-0.2, 0) is 11.0 Å². The number of likely N-dealkylation sites (N-methyl/N-ethyl adjacent to an activating group) is 2. The first-order chi connectivity index (χ1) is 26.8. The minimum atomic E-state index is -5.13. The van der Waals surface area contributed by atoms with Crippen LogP contribution in [0.2, 0.25) is 0 Å². The van der Waals surface area contributed by atoms with Gasteiger partial charge in [0.25, 0.3) is 0 Å². The van der Waals surface area contributed by atoms with Gasteiger partial charge in [0.05, 0.1) is 27.4 Å². The number of nitrogen functional groups attached to an aromatic ring is 1. The number of likely N-dealkylation sites (tertiary alicyclic amines) is 1. The summed E-state index contributed by atoms with van der Waals surface area (Å²) in [4.78, 5) is 29.2. The molecule has 3 saturated heterocycles. The van der Waals surface area contributed by atoms with Gasteiger partial charge in [-0.05, 0) is 70.3 Å². The molecule has 0 spiro atoms. The average molecular weight is 801 g/mol. The lowest BCUT2D eigenvalue weighted by molar-refractivity contribution is -0.137. The Balaban J connectivity index is 1.29. The Morgan fingerprint density at radius 3 is 2.64 bits per heavy atom. The molecule has 2 aromatic heterocycles. The summed E-state index contributed by atoms with van der Waals surface area (Å²) in [5.41, 5.74) is 1.96. The lowest BCUT2D eigenvalue weighted by Crippen LogP contribution is -2.44. The summed E-state index contributed by atoms with van der Waals surface area (Å²) < 4.78 is 98.8. The van der Waals surface area contributed by atoms with E-state index in [2.05, 4.69) is 14.9 Å². The van der Waals surface area contributed by atoms with E-state index in [-0.39, 0.29) is 82.1 Å². The first-order valence-corrected chi connectivity index (χ1v) is 19.8. The van der Waals surface area contributed by atoms with Crippen LogP contribution in [-0.4, -0.2) is 107 Å². The van der Waals surface area contributed by atoms with Crippen molar-refractivity contribution < 1.29 is 35.9 Å². The van der Waals surface area contributed by atoms with Crippen molar-refractivity contribution in [1.29, 1.82) is 5.26 Å². The predicted octanol–water partition coefficient (Wildman–Crippen LogP) is 7.13. The van der Waals surface area contributed by atoms with Gasteiger partial charge in [-0.1, -0.05) is 12.5 Å². The van der Waals surface area contributed by atoms with E-state index in [4.69, 9.17) is 10.5 Å². The summed E-state index contributed by atoms with van der Waals surface area (Å²) in [6.45, 7) is 3.84. The minimum Gasteiger partial charge on any atom is -0.461 e. The van der Waals surface area contributed by atoms with Crippen LogP contribution >= 0.6 is 11.3 Å². The number of carbonyl (C=O) groups is 1. The third-order valence-electron chi connectivity index (χ3n) is 12.4. The van der Waals surface area contributed by atoms with Crippen molar-refractivity contribution in [2.24, 2.45) is 0 Å². The van der Waals surface area contributed by atoms with E-state index in [9.17, 15) is 14.4 Å². The lowest BCUT2D eigenvalue weighted by atomic mass is 9.91. The summed E-state index contributed by atoms with van der Waals surface area (Å²) in [6.07, 6.45) is 0.107. The quantitative estimate of drug-likeness (QED) is 0.125. The smallest absolute Gasteiger partial charge is 0.417 e. The molecule has 4 unspecified atom stereocenters. The van der Waals surface area contributed by atoms with Crippen molar-refractivity contribution in [2.45, 2.75) is 87.9 Å². The highest BCUT2D eigenvalue weighted by Gasteiger charge is 2.50. The maximum Gasteiger partial charge on any atom is 0.417 e. The van der Waals surface area contributed by atoms with Gasteiger partial charge in [-0.3, -0.25) is 9.69 Å². The largest absolute Gasteiger partial charge is 0.461 e. The number of nitriles is 1. The van der Waals surface area contributed by atoms with Crippen LogP contribution in [0.25, 0.3) is 32.1 Å². The lowest BCUT2D eigenvalue weighted by Gasteiger charge is -2.37. The zero-order valence-electron chi connectivity index (χ0n) is 31.0. The van der Waals surface area contributed by atoms with Gasteiger partial charge in [0.1, 0.15) is 41.0 Å². The van der Waals surface area contributed by atoms with E-state index in [1.807, 2.05) is 18.0 Å². The normalized spacial score (nSPS) is 24.3. The zero-order valence-corrected chi connectivity index (χ0v) is 31.8. The van der Waals surface area contributed by atoms with Gasteiger partial charge in [-0.15, -0.1) is 11.3 Å². The molecule has 3 aliphatic heterocycles. The molecule has 0 radical (unpaired) electrons. The van der Waals surface area contributed by atoms with E-state index < -0.39 is 52.2 Å². The fraction of sp³-hybridized carbons (Fsp3) is 0.538. The average Bonchev–Trinajstić information content (AvgIpc) is 3.88. The van der Waals surface area contributed by atoms with Crippen LogP contribution in [0.1, 0.15) is 63.0 Å². The summed E-state index contributed by atoms with van der Waals surface area (Å²) in [5, 5.41) is 9.32. The number of anilines is 2. The number of thiophene rings is 1. The Kier molecular flexibility index (Phi) is 9.97. The second-order valence-electron chi connectivity index (χ2n) is 15.6. The van der Waals surface area contributed by atoms with Crippen LogP contribution in [0, 0.1) is 23.0 Å². The standard InChI is InChI=1S/C39H42F6N8O2S/c1-3-53(24-12-23(51(18-24)20-54)17-50(2)22-6-4-7-22)36-26-13-28(39(43,44)45)31(25-8-9-29(41)34-30(25)27(15-46)35(47)56-34)32(42)33(26)48-37(49-36)55-19-38-10-5-11-52(38)16-21(40)14-38/h8-9,13,20-24H,3-7,10-12,14,16-19,47H2,1-2H3. The Hall–Kier alpha value is -4.40. The number of fused-ring (bicyclic) bond motifs is 3. The van der Waals surface area contributed by atoms with Crippen LogP contribution in [0.5, 0.6) is 6.01 Å². The molecular formula is C39H42F6N8O2S. The van der Waals surface area contributed by atoms with Gasteiger partial charge in [-0.25, -0.2) is 13.2 Å². The summed E-state index contributed by atoms with van der Waals surface area (Å²) in [6, 6.07) is 4.12. The third-order valence-corrected chi connectivity index (χ3v) is 13.5. The van der Waals surface area contributed by atoms with Crippen LogP contribution in [0.4, 0.5) is 37.2 Å². The maximum atomic E-state index is 17.4. The van der Waals surface area contributed by atoms with Crippen molar-refractivity contribution in [3.8, 4) is 23.2 Å². The third kappa shape index (κ3) is 6.47. The Bertz CT molecular complexity index is 2230. The monoisotopic (exact) mass is 800 g/mol. The van der Waals surface area contributed by atoms with Gasteiger partial charge in [-0.2, -0.15) is 28.4 Å². The number of rotatable bonds is 11. The number of benzene rings is 2. The van der Waals surface area contributed by atoms with Crippen molar-refractivity contribution in [2.75, 3.05) is 57.0 Å². The number of ether oxygens (including phenoxy) is 1. The van der Waals surface area contributed by atoms with Crippen molar-refractivity contribution in [3.63, 3.8) is 0 Å². The number of hydrogen-bond acceptors (Lipinski definition) is 10. The van der Waals surface area contributed by atoms with E-state index in [0.29, 0.717) is 43.3 Å². The number of carbonyl (C=O) groups excluding carboxylic acids is 1. The van der Waals surface area contributed by atoms with Crippen molar-refractivity contribution in [1.82, 2.24) is 24.7 Å². The first kappa shape index (κ1) is 38.5. The van der Waals surface area contributed by atoms with Crippen LogP contribution < -0.4 is 15.4 Å². The van der Waals surface area contributed by atoms with Gasteiger partial charge >= 0.3 is 12.2 Å². The summed E-state index contributed by atoms with van der Waals surface area (Å²) in [5.74, 6) is -2.20. The summed E-state index contributed by atoms with van der Waals surface area (Å²) >= 11 is 0.687. The fourth-order valence-electron chi connectivity index (χ4n) is 9.46. The topological polar surface area (TPSA) is 115 Å². The number of hydrogen-bond donors (Lipinski definition) is 1. The van der Waals surface area contributed by atoms with Crippen LogP contribution in [0.15, 0.2) is 18.2 Å². The number of halogens is 6. The Morgan fingerprint density at radius 2 is 1.96 bits per heavy atom. The molecule has 5 heterocycles. The van der Waals surface area contributed by atoms with E-state index in [1.54, 1.807) is 16.7 Å². The predicted molar refractivity (Wildman–Crippen MR) is 201 cm³/mol. The van der Waals surface area contributed by atoms with E-state index in [0.717, 1.165) is 50.3 Å². The molecule has 8 rings (SSSR count). The van der Waals surface area contributed by atoms with Crippen LogP contribution in [0.3, 0.4) is 0 Å². The number of amides is 1. The van der Waals surface area contributed by atoms with Gasteiger partial charge < -0.3 is 25.2 Å². The number of aromatic nitrogens is 2. The molecule has 1 aliphatic carbocycles. The molecular weight excluding hydrogens is 759 g/mol. The zero-order chi connectivity index (χ0) is 39.7. The molecule has 1 saturated carbocycles. The van der Waals surface area contributed by atoms with Crippen molar-refractivity contribution >= 4 is 49.6 Å². The van der Waals surface area contributed by atoms with E-state index >= 15 is 22.0 Å². The highest BCUT2D eigenvalue weighted by Crippen LogP contribution is 2.49. The second kappa shape index (κ2) is 14.5. The Labute approximate surface area is 323 Å². The molecule has 4 fully saturated rings. The molecule has 1 amide bonds. The SMILES string of the molecule is CCN(c1nc(OCC23CCCN2CC(F)C3)nc2c(F)c(-c3ccc(F)c4sc(N)c(C#N)c34)c(C(F)(F)F)cc12)C1CC(CN(C)C2CCC2)N(C=O)C1. The molecule has 2 aromatic carbocycles. The molecule has 298 valence electrons. The molecule has 4 atom stereocenters. The first-order valence-electron chi connectivity index (χ1n) is 19.0. The van der Waals surface area contributed by atoms with E-state index in [1.165, 1.54) is 0 Å². The van der Waals surface area contributed by atoms with Gasteiger partial charge in [0.15, 0.2) is 5.82 Å². The molecule has 2 N–H and O–H groups in total. The number of nitrogens with two attached hydrogens (primary N) is 1. The molecule has 17 heteroatoms. The minimum absolute atomic E-state index is 0.00962. The molecule has 0 bridgehead atoms. The summed E-state index contributed by atoms with van der Waals surface area (Å²) in [7, 11) is 2.03. The fourth-order valence-corrected chi connectivity index (χ4v) is 10.4. The Morgan fingerprint density at radius 1 is 1.18 bits per heavy atom. The molecule has 4 aliphatic rings. The highest BCUT2D eigenvalue weighted by atomic mass is 32.1. The highest BCUT2D eigenvalue weighted by molar-refractivity contribution is 7.23. The number of alkyl halides is 4. The maximum absolute atomic E-state index is 17.4.